The maximum atomic E-state index is 5.58. The van der Waals surface area contributed by atoms with E-state index in [4.69, 9.17) is 5.73 Å². The average molecular weight is 181 g/mol. The summed E-state index contributed by atoms with van der Waals surface area (Å²) in [5, 5.41) is 16.3. The van der Waals surface area contributed by atoms with E-state index < -0.39 is 0 Å². The molecular weight excluding hydrogens is 170 g/mol. The van der Waals surface area contributed by atoms with Crippen molar-refractivity contribution < 1.29 is 0 Å². The van der Waals surface area contributed by atoms with Gasteiger partial charge in [0.1, 0.15) is 6.54 Å². The summed E-state index contributed by atoms with van der Waals surface area (Å²) in [5.74, 6) is 0.993. The first-order valence-electron chi connectivity index (χ1n) is 4.13. The van der Waals surface area contributed by atoms with E-state index in [0.717, 1.165) is 0 Å². The summed E-state index contributed by atoms with van der Waals surface area (Å²) < 4.78 is 0. The first kappa shape index (κ1) is 7.96. The smallest absolute Gasteiger partial charge is 0.196 e. The number of nitrogens with one attached hydrogen (secondary N) is 2. The van der Waals surface area contributed by atoms with Crippen LogP contribution in [0, 0.1) is 0 Å². The predicted molar refractivity (Wildman–Crippen MR) is 45.7 cm³/mol. The van der Waals surface area contributed by atoms with Crippen molar-refractivity contribution in [1.82, 2.24) is 25.9 Å². The molecule has 1 saturated carbocycles. The monoisotopic (exact) mass is 181 g/mol. The number of aliphatic imine (C=N–C) groups is 1. The predicted octanol–water partition coefficient (Wildman–Crippen LogP) is -1.23. The molecule has 2 rings (SSSR count). The molecule has 0 saturated heterocycles. The van der Waals surface area contributed by atoms with Gasteiger partial charge < -0.3 is 11.1 Å². The molecule has 1 fully saturated rings. The van der Waals surface area contributed by atoms with Crippen molar-refractivity contribution in [2.45, 2.75) is 25.4 Å². The normalized spacial score (nSPS) is 17.4. The number of nitrogens with two attached hydrogens (primary N) is 1. The summed E-state index contributed by atoms with van der Waals surface area (Å²) in [4.78, 5) is 4.05. The lowest BCUT2D eigenvalue weighted by molar-refractivity contribution is 0.857. The Balaban J connectivity index is 1.81. The third-order valence-corrected chi connectivity index (χ3v) is 1.71. The highest BCUT2D eigenvalue weighted by atomic mass is 15.5. The van der Waals surface area contributed by atoms with Gasteiger partial charge in [0.25, 0.3) is 0 Å². The fraction of sp³-hybridized carbons (Fsp3) is 0.667. The lowest BCUT2D eigenvalue weighted by Gasteiger charge is -2.00. The Morgan fingerprint density at radius 3 is 3.15 bits per heavy atom. The van der Waals surface area contributed by atoms with E-state index in [1.165, 1.54) is 12.8 Å². The van der Waals surface area contributed by atoms with Crippen molar-refractivity contribution in [3.63, 3.8) is 0 Å². The van der Waals surface area contributed by atoms with E-state index in [0.29, 0.717) is 24.4 Å². The topological polar surface area (TPSA) is 105 Å². The molecule has 1 aromatic rings. The van der Waals surface area contributed by atoms with Gasteiger partial charge in [-0.25, -0.2) is 4.99 Å². The molecule has 0 atom stereocenters. The van der Waals surface area contributed by atoms with E-state index >= 15 is 0 Å². The van der Waals surface area contributed by atoms with Crippen molar-refractivity contribution in [3.05, 3.63) is 5.82 Å². The number of aromatic nitrogens is 4. The van der Waals surface area contributed by atoms with Crippen molar-refractivity contribution in [1.29, 1.82) is 0 Å². The summed E-state index contributed by atoms with van der Waals surface area (Å²) >= 11 is 0. The molecule has 0 amide bonds. The van der Waals surface area contributed by atoms with Crippen LogP contribution >= 0.6 is 0 Å². The number of rotatable bonds is 3. The van der Waals surface area contributed by atoms with Crippen LogP contribution in [0.2, 0.25) is 0 Å². The van der Waals surface area contributed by atoms with E-state index in [-0.39, 0.29) is 0 Å². The Morgan fingerprint density at radius 2 is 2.54 bits per heavy atom. The van der Waals surface area contributed by atoms with Crippen molar-refractivity contribution >= 4 is 5.96 Å². The molecule has 1 aliphatic rings. The van der Waals surface area contributed by atoms with Gasteiger partial charge in [-0.05, 0) is 12.8 Å². The Hall–Kier alpha value is -1.66. The molecule has 1 heterocycles. The van der Waals surface area contributed by atoms with E-state index in [1.807, 2.05) is 0 Å². The molecule has 7 nitrogen and oxygen atoms in total. The van der Waals surface area contributed by atoms with Gasteiger partial charge in [0.05, 0.1) is 0 Å². The van der Waals surface area contributed by atoms with Crippen LogP contribution in [-0.4, -0.2) is 32.6 Å². The number of aromatic amines is 1. The minimum absolute atomic E-state index is 0.363. The SMILES string of the molecule is NC(=NCc1nn[nH]n1)NC1CC1. The highest BCUT2D eigenvalue weighted by Crippen LogP contribution is 2.17. The summed E-state index contributed by atoms with van der Waals surface area (Å²) in [6.45, 7) is 0.363. The Labute approximate surface area is 74.8 Å². The fourth-order valence-electron chi connectivity index (χ4n) is 0.888. The van der Waals surface area contributed by atoms with Crippen LogP contribution in [0.1, 0.15) is 18.7 Å². The fourth-order valence-corrected chi connectivity index (χ4v) is 0.888. The van der Waals surface area contributed by atoms with Gasteiger partial charge in [0.15, 0.2) is 11.8 Å². The van der Waals surface area contributed by atoms with Gasteiger partial charge in [-0.1, -0.05) is 5.21 Å². The second-order valence-corrected chi connectivity index (χ2v) is 2.95. The molecule has 1 aliphatic carbocycles. The van der Waals surface area contributed by atoms with Crippen LogP contribution in [0.5, 0.6) is 0 Å². The highest BCUT2D eigenvalue weighted by molar-refractivity contribution is 5.78. The molecule has 0 radical (unpaired) electrons. The number of hydrogen-bond acceptors (Lipinski definition) is 4. The largest absolute Gasteiger partial charge is 0.370 e. The van der Waals surface area contributed by atoms with Crippen molar-refractivity contribution in [3.8, 4) is 0 Å². The zero-order valence-electron chi connectivity index (χ0n) is 7.06. The molecular formula is C6H11N7. The van der Waals surface area contributed by atoms with Crippen LogP contribution < -0.4 is 11.1 Å². The summed E-state index contributed by atoms with van der Waals surface area (Å²) in [7, 11) is 0. The standard InChI is InChI=1S/C6H11N7/c7-6(9-4-1-2-4)8-3-5-10-12-13-11-5/h4H,1-3H2,(H3,7,8,9)(H,10,11,12,13). The zero-order chi connectivity index (χ0) is 9.10. The molecule has 0 bridgehead atoms. The van der Waals surface area contributed by atoms with Crippen LogP contribution in [0.15, 0.2) is 4.99 Å². The average Bonchev–Trinajstić information content (AvgIpc) is 2.78. The lowest BCUT2D eigenvalue weighted by Crippen LogP contribution is -2.33. The van der Waals surface area contributed by atoms with Crippen molar-refractivity contribution in [2.24, 2.45) is 10.7 Å². The van der Waals surface area contributed by atoms with Gasteiger partial charge in [-0.2, -0.15) is 5.21 Å². The quantitative estimate of drug-likeness (QED) is 0.400. The van der Waals surface area contributed by atoms with Crippen LogP contribution in [0.4, 0.5) is 0 Å². The van der Waals surface area contributed by atoms with Gasteiger partial charge in [0.2, 0.25) is 0 Å². The Kier molecular flexibility index (Phi) is 2.07. The van der Waals surface area contributed by atoms with E-state index in [1.54, 1.807) is 0 Å². The molecule has 13 heavy (non-hydrogen) atoms. The van der Waals surface area contributed by atoms with Gasteiger partial charge in [-0.3, -0.25) is 0 Å². The number of tetrazole rings is 1. The number of H-pyrrole nitrogens is 1. The Bertz CT molecular complexity index is 286. The first-order valence-corrected chi connectivity index (χ1v) is 4.13. The van der Waals surface area contributed by atoms with Crippen LogP contribution in [-0.2, 0) is 6.54 Å². The summed E-state index contributed by atoms with van der Waals surface area (Å²) in [5.41, 5.74) is 5.58. The molecule has 7 heteroatoms. The van der Waals surface area contributed by atoms with Gasteiger partial charge in [-0.15, -0.1) is 10.2 Å². The lowest BCUT2D eigenvalue weighted by atomic mass is 10.6. The van der Waals surface area contributed by atoms with E-state index in [2.05, 4.69) is 30.9 Å². The van der Waals surface area contributed by atoms with Crippen molar-refractivity contribution in [2.75, 3.05) is 0 Å². The molecule has 0 spiro atoms. The van der Waals surface area contributed by atoms with E-state index in [9.17, 15) is 0 Å². The molecule has 0 aromatic carbocycles. The number of nitrogens with zero attached hydrogens (tertiary/aromatic N) is 4. The summed E-state index contributed by atoms with van der Waals surface area (Å²) in [6, 6.07) is 0.522. The second-order valence-electron chi connectivity index (χ2n) is 2.95. The van der Waals surface area contributed by atoms with Crippen LogP contribution in [0.25, 0.3) is 0 Å². The molecule has 0 unspecified atom stereocenters. The summed E-state index contributed by atoms with van der Waals surface area (Å²) in [6.07, 6.45) is 2.36. The van der Waals surface area contributed by atoms with Gasteiger partial charge >= 0.3 is 0 Å². The Morgan fingerprint density at radius 1 is 1.69 bits per heavy atom. The minimum atomic E-state index is 0.363. The molecule has 4 N–H and O–H groups in total. The minimum Gasteiger partial charge on any atom is -0.370 e. The number of guanidine groups is 1. The zero-order valence-corrected chi connectivity index (χ0v) is 7.06. The number of hydrogen-bond donors (Lipinski definition) is 3. The second kappa shape index (κ2) is 3.38. The van der Waals surface area contributed by atoms with Crippen LogP contribution in [0.3, 0.4) is 0 Å². The molecule has 0 aliphatic heterocycles. The first-order chi connectivity index (χ1) is 6.34. The third kappa shape index (κ3) is 2.39. The molecule has 70 valence electrons. The molecule has 1 aromatic heterocycles. The van der Waals surface area contributed by atoms with Gasteiger partial charge in [0, 0.05) is 6.04 Å². The third-order valence-electron chi connectivity index (χ3n) is 1.71. The maximum Gasteiger partial charge on any atom is 0.196 e. The maximum absolute atomic E-state index is 5.58. The highest BCUT2D eigenvalue weighted by Gasteiger charge is 2.21.